The maximum absolute atomic E-state index is 12.3. The van der Waals surface area contributed by atoms with E-state index in [2.05, 4.69) is 12.1 Å². The molecule has 4 nitrogen and oxygen atoms in total. The van der Waals surface area contributed by atoms with Gasteiger partial charge in [0.2, 0.25) is 5.91 Å². The van der Waals surface area contributed by atoms with Gasteiger partial charge in [0, 0.05) is 31.8 Å². The van der Waals surface area contributed by atoms with Crippen LogP contribution in [0.25, 0.3) is 0 Å². The van der Waals surface area contributed by atoms with Crippen LogP contribution in [0.1, 0.15) is 39.0 Å². The van der Waals surface area contributed by atoms with Crippen molar-refractivity contribution in [1.82, 2.24) is 4.90 Å². The molecule has 0 aromatic heterocycles. The van der Waals surface area contributed by atoms with Gasteiger partial charge in [0.1, 0.15) is 0 Å². The van der Waals surface area contributed by atoms with Crippen molar-refractivity contribution in [3.05, 3.63) is 0 Å². The Morgan fingerprint density at radius 1 is 1.47 bits per heavy atom. The van der Waals surface area contributed by atoms with Gasteiger partial charge in [0.25, 0.3) is 0 Å². The van der Waals surface area contributed by atoms with Gasteiger partial charge < -0.3 is 10.1 Å². The summed E-state index contributed by atoms with van der Waals surface area (Å²) in [6.45, 7) is 3.54. The molecule has 0 aromatic carbocycles. The van der Waals surface area contributed by atoms with E-state index in [1.807, 2.05) is 16.7 Å². The van der Waals surface area contributed by atoms with E-state index < -0.39 is 0 Å². The summed E-state index contributed by atoms with van der Waals surface area (Å²) in [4.78, 5) is 14.3. The van der Waals surface area contributed by atoms with E-state index in [9.17, 15) is 4.79 Å². The quantitative estimate of drug-likeness (QED) is 0.640. The van der Waals surface area contributed by atoms with Crippen molar-refractivity contribution in [2.45, 2.75) is 39.0 Å². The number of rotatable bonds is 3. The number of nitrogens with zero attached hydrogens (tertiary/aromatic N) is 2. The summed E-state index contributed by atoms with van der Waals surface area (Å²) >= 11 is 2.00. The third kappa shape index (κ3) is 3.88. The van der Waals surface area contributed by atoms with Crippen LogP contribution in [0.3, 0.4) is 0 Å². The van der Waals surface area contributed by atoms with Crippen molar-refractivity contribution in [2.24, 2.45) is 17.0 Å². The summed E-state index contributed by atoms with van der Waals surface area (Å²) in [5, 5.41) is 12.3. The highest BCUT2D eigenvalue weighted by molar-refractivity contribution is 7.99. The number of oxime groups is 1. The van der Waals surface area contributed by atoms with E-state index in [1.54, 1.807) is 0 Å². The topological polar surface area (TPSA) is 52.9 Å². The number of thioether (sulfide) groups is 1. The van der Waals surface area contributed by atoms with Crippen LogP contribution in [-0.4, -0.2) is 46.3 Å². The monoisotopic (exact) mass is 284 g/mol. The minimum atomic E-state index is 0.240. The first kappa shape index (κ1) is 14.7. The highest BCUT2D eigenvalue weighted by Gasteiger charge is 2.29. The van der Waals surface area contributed by atoms with Crippen LogP contribution in [0.5, 0.6) is 0 Å². The largest absolute Gasteiger partial charge is 0.411 e. The third-order valence-corrected chi connectivity index (χ3v) is 5.38. The summed E-state index contributed by atoms with van der Waals surface area (Å²) in [5.41, 5.74) is 0.862. The Hall–Kier alpha value is -0.710. The molecule has 5 heteroatoms. The van der Waals surface area contributed by atoms with Crippen LogP contribution >= 0.6 is 11.8 Å². The van der Waals surface area contributed by atoms with E-state index in [4.69, 9.17) is 5.21 Å². The number of carbonyl (C=O) groups excluding carboxylic acids is 1. The Balaban J connectivity index is 1.85. The van der Waals surface area contributed by atoms with Crippen LogP contribution in [0.4, 0.5) is 0 Å². The maximum atomic E-state index is 12.3. The molecular formula is C14H24N2O2S. The summed E-state index contributed by atoms with van der Waals surface area (Å²) in [6.07, 6.45) is 4.74. The summed E-state index contributed by atoms with van der Waals surface area (Å²) in [6, 6.07) is 0. The van der Waals surface area contributed by atoms with Crippen LogP contribution < -0.4 is 0 Å². The van der Waals surface area contributed by atoms with Gasteiger partial charge in [-0.05, 0) is 36.7 Å². The predicted octanol–water partition coefficient (Wildman–Crippen LogP) is 2.61. The van der Waals surface area contributed by atoms with E-state index >= 15 is 0 Å². The Morgan fingerprint density at radius 2 is 2.21 bits per heavy atom. The smallest absolute Gasteiger partial charge is 0.222 e. The van der Waals surface area contributed by atoms with Gasteiger partial charge in [0.05, 0.1) is 5.71 Å². The van der Waals surface area contributed by atoms with Crippen molar-refractivity contribution in [1.29, 1.82) is 0 Å². The van der Waals surface area contributed by atoms with Gasteiger partial charge in [-0.2, -0.15) is 11.8 Å². The molecule has 0 bridgehead atoms. The molecule has 1 atom stereocenters. The van der Waals surface area contributed by atoms with Crippen LogP contribution in [0.2, 0.25) is 0 Å². The lowest BCUT2D eigenvalue weighted by Crippen LogP contribution is -2.44. The lowest BCUT2D eigenvalue weighted by molar-refractivity contribution is -0.133. The average molecular weight is 284 g/mol. The number of hydrogen-bond donors (Lipinski definition) is 1. The minimum Gasteiger partial charge on any atom is -0.411 e. The molecule has 0 saturated carbocycles. The zero-order valence-electron chi connectivity index (χ0n) is 11.7. The average Bonchev–Trinajstić information content (AvgIpc) is 2.47. The molecule has 0 spiro atoms. The molecule has 1 amide bonds. The highest BCUT2D eigenvalue weighted by Crippen LogP contribution is 2.27. The van der Waals surface area contributed by atoms with Gasteiger partial charge in [-0.3, -0.25) is 4.79 Å². The molecule has 1 unspecified atom stereocenters. The predicted molar refractivity (Wildman–Crippen MR) is 78.9 cm³/mol. The second-order valence-corrected chi connectivity index (χ2v) is 6.77. The lowest BCUT2D eigenvalue weighted by atomic mass is 9.92. The van der Waals surface area contributed by atoms with Crippen molar-refractivity contribution in [3.63, 3.8) is 0 Å². The van der Waals surface area contributed by atoms with Crippen molar-refractivity contribution in [3.8, 4) is 0 Å². The van der Waals surface area contributed by atoms with Gasteiger partial charge >= 0.3 is 0 Å². The molecule has 0 aromatic rings. The Bertz CT molecular complexity index is 340. The van der Waals surface area contributed by atoms with Crippen LogP contribution in [0.15, 0.2) is 5.16 Å². The fraction of sp³-hybridized carbons (Fsp3) is 0.857. The first-order valence-electron chi connectivity index (χ1n) is 7.31. The molecule has 19 heavy (non-hydrogen) atoms. The first-order valence-corrected chi connectivity index (χ1v) is 8.46. The van der Waals surface area contributed by atoms with Gasteiger partial charge in [-0.25, -0.2) is 0 Å². The van der Waals surface area contributed by atoms with Gasteiger partial charge in [-0.1, -0.05) is 12.1 Å². The van der Waals surface area contributed by atoms with E-state index in [-0.39, 0.29) is 5.92 Å². The molecule has 0 radical (unpaired) electrons. The number of hydrogen-bond acceptors (Lipinski definition) is 4. The molecule has 2 fully saturated rings. The lowest BCUT2D eigenvalue weighted by Gasteiger charge is -2.34. The molecule has 2 heterocycles. The van der Waals surface area contributed by atoms with Crippen molar-refractivity contribution in [2.75, 3.05) is 24.6 Å². The normalized spacial score (nSPS) is 27.7. The highest BCUT2D eigenvalue weighted by atomic mass is 32.2. The standard InChI is InChI=1S/C14H24N2O2S/c1-2-12-10-16(6-3-13(12)15-18)14(17)9-11-4-7-19-8-5-11/h11-12,18H,2-10H2,1H3. The van der Waals surface area contributed by atoms with Gasteiger partial charge in [0.15, 0.2) is 0 Å². The number of likely N-dealkylation sites (tertiary alicyclic amines) is 1. The number of piperidine rings is 1. The summed E-state index contributed by atoms with van der Waals surface area (Å²) in [7, 11) is 0. The van der Waals surface area contributed by atoms with Crippen LogP contribution in [-0.2, 0) is 4.79 Å². The van der Waals surface area contributed by atoms with E-state index in [1.165, 1.54) is 24.3 Å². The fourth-order valence-corrected chi connectivity index (χ4v) is 4.17. The summed E-state index contributed by atoms with van der Waals surface area (Å²) < 4.78 is 0. The van der Waals surface area contributed by atoms with Crippen molar-refractivity contribution < 1.29 is 10.0 Å². The molecular weight excluding hydrogens is 260 g/mol. The van der Waals surface area contributed by atoms with Crippen molar-refractivity contribution >= 4 is 23.4 Å². The van der Waals surface area contributed by atoms with Gasteiger partial charge in [-0.15, -0.1) is 0 Å². The van der Waals surface area contributed by atoms with E-state index in [0.717, 1.165) is 31.6 Å². The maximum Gasteiger partial charge on any atom is 0.222 e. The molecule has 1 N–H and O–H groups in total. The first-order chi connectivity index (χ1) is 9.24. The fourth-order valence-electron chi connectivity index (χ4n) is 2.97. The second-order valence-electron chi connectivity index (χ2n) is 5.55. The molecule has 2 aliphatic rings. The Labute approximate surface area is 119 Å². The zero-order chi connectivity index (χ0) is 13.7. The number of carbonyl (C=O) groups is 1. The molecule has 0 aliphatic carbocycles. The zero-order valence-corrected chi connectivity index (χ0v) is 12.5. The Kier molecular flexibility index (Phi) is 5.55. The number of amides is 1. The SMILES string of the molecule is CCC1CN(C(=O)CC2CCSCC2)CCC1=NO. The van der Waals surface area contributed by atoms with Crippen LogP contribution in [0, 0.1) is 11.8 Å². The third-order valence-electron chi connectivity index (χ3n) is 4.33. The Morgan fingerprint density at radius 3 is 2.84 bits per heavy atom. The molecule has 2 rings (SSSR count). The molecule has 108 valence electrons. The summed E-state index contributed by atoms with van der Waals surface area (Å²) in [5.74, 6) is 3.53. The molecule has 2 saturated heterocycles. The van der Waals surface area contributed by atoms with E-state index in [0.29, 0.717) is 18.2 Å². The minimum absolute atomic E-state index is 0.240. The second kappa shape index (κ2) is 7.17. The molecule has 2 aliphatic heterocycles.